The van der Waals surface area contributed by atoms with E-state index in [0.29, 0.717) is 6.04 Å². The van der Waals surface area contributed by atoms with Gasteiger partial charge in [0.05, 0.1) is 11.4 Å². The lowest BCUT2D eigenvalue weighted by atomic mass is 9.87. The molecule has 0 saturated heterocycles. The normalized spacial score (nSPS) is 24.4. The molecule has 0 atom stereocenters. The fourth-order valence-electron chi connectivity index (χ4n) is 2.82. The number of nitrogens with one attached hydrogen (secondary N) is 1. The summed E-state index contributed by atoms with van der Waals surface area (Å²) in [5.41, 5.74) is 2.55. The molecule has 0 bridgehead atoms. The van der Waals surface area contributed by atoms with Gasteiger partial charge in [-0.25, -0.2) is 0 Å². The second-order valence-corrected chi connectivity index (χ2v) is 5.63. The smallest absolute Gasteiger partial charge is 0.0625 e. The van der Waals surface area contributed by atoms with Gasteiger partial charge in [0.1, 0.15) is 0 Å². The molecular weight excluding hydrogens is 222 g/mol. The van der Waals surface area contributed by atoms with Crippen molar-refractivity contribution in [1.29, 1.82) is 0 Å². The summed E-state index contributed by atoms with van der Waals surface area (Å²) < 4.78 is 2.14. The van der Waals surface area contributed by atoms with Crippen molar-refractivity contribution in [3.63, 3.8) is 0 Å². The quantitative estimate of drug-likeness (QED) is 0.869. The van der Waals surface area contributed by atoms with Gasteiger partial charge in [-0.05, 0) is 51.0 Å². The zero-order chi connectivity index (χ0) is 13.0. The molecule has 0 amide bonds. The van der Waals surface area contributed by atoms with Crippen molar-refractivity contribution in [3.8, 4) is 0 Å². The summed E-state index contributed by atoms with van der Waals surface area (Å²) in [6.07, 6.45) is 6.46. The first-order valence-corrected chi connectivity index (χ1v) is 7.51. The molecule has 1 aliphatic rings. The predicted octanol–water partition coefficient (Wildman–Crippen LogP) is 3.13. The minimum Gasteiger partial charge on any atom is -0.308 e. The molecule has 1 aliphatic carbocycles. The summed E-state index contributed by atoms with van der Waals surface area (Å²) in [5, 5.41) is 8.31. The summed E-state index contributed by atoms with van der Waals surface area (Å²) in [7, 11) is 0. The number of rotatable bonds is 5. The van der Waals surface area contributed by atoms with Crippen LogP contribution in [0.1, 0.15) is 57.8 Å². The summed E-state index contributed by atoms with van der Waals surface area (Å²) in [4.78, 5) is 0. The van der Waals surface area contributed by atoms with Gasteiger partial charge in [0.15, 0.2) is 0 Å². The largest absolute Gasteiger partial charge is 0.308 e. The third-order valence-electron chi connectivity index (χ3n) is 4.16. The lowest BCUT2D eigenvalue weighted by molar-refractivity contribution is 0.304. The van der Waals surface area contributed by atoms with E-state index >= 15 is 0 Å². The van der Waals surface area contributed by atoms with E-state index in [1.54, 1.807) is 0 Å². The van der Waals surface area contributed by atoms with Gasteiger partial charge in [0.2, 0.25) is 0 Å². The molecule has 1 aromatic rings. The van der Waals surface area contributed by atoms with E-state index in [0.717, 1.165) is 25.4 Å². The standard InChI is InChI=1S/C15H27N3/c1-4-13-10-15(18(5-2)17-13)11-16-14-8-6-12(3)7-9-14/h10,12,14,16H,4-9,11H2,1-3H3. The summed E-state index contributed by atoms with van der Waals surface area (Å²) in [5.74, 6) is 0.927. The SMILES string of the molecule is CCc1cc(CNC2CCC(C)CC2)n(CC)n1. The van der Waals surface area contributed by atoms with Crippen LogP contribution in [0, 0.1) is 5.92 Å². The maximum Gasteiger partial charge on any atom is 0.0625 e. The molecule has 0 aromatic carbocycles. The zero-order valence-electron chi connectivity index (χ0n) is 12.1. The van der Waals surface area contributed by atoms with Crippen LogP contribution >= 0.6 is 0 Å². The van der Waals surface area contributed by atoms with Crippen LogP contribution < -0.4 is 5.32 Å². The van der Waals surface area contributed by atoms with Gasteiger partial charge in [-0.2, -0.15) is 5.10 Å². The Morgan fingerprint density at radius 3 is 2.61 bits per heavy atom. The molecule has 3 nitrogen and oxygen atoms in total. The second-order valence-electron chi connectivity index (χ2n) is 5.63. The lowest BCUT2D eigenvalue weighted by Crippen LogP contribution is -2.32. The van der Waals surface area contributed by atoms with Crippen molar-refractivity contribution in [2.75, 3.05) is 0 Å². The van der Waals surface area contributed by atoms with Crippen molar-refractivity contribution >= 4 is 0 Å². The third-order valence-corrected chi connectivity index (χ3v) is 4.16. The van der Waals surface area contributed by atoms with Gasteiger partial charge in [-0.3, -0.25) is 4.68 Å². The topological polar surface area (TPSA) is 29.9 Å². The molecule has 1 fully saturated rings. The molecule has 18 heavy (non-hydrogen) atoms. The van der Waals surface area contributed by atoms with Gasteiger partial charge in [-0.15, -0.1) is 0 Å². The van der Waals surface area contributed by atoms with Crippen molar-refractivity contribution in [2.24, 2.45) is 5.92 Å². The molecule has 0 aliphatic heterocycles. The van der Waals surface area contributed by atoms with E-state index in [4.69, 9.17) is 0 Å². The molecule has 3 heteroatoms. The van der Waals surface area contributed by atoms with Crippen molar-refractivity contribution in [3.05, 3.63) is 17.5 Å². The van der Waals surface area contributed by atoms with Crippen LogP contribution in [0.4, 0.5) is 0 Å². The summed E-state index contributed by atoms with van der Waals surface area (Å²) in [6, 6.07) is 2.97. The minimum absolute atomic E-state index is 0.714. The highest BCUT2D eigenvalue weighted by molar-refractivity contribution is 5.10. The fourth-order valence-corrected chi connectivity index (χ4v) is 2.82. The number of hydrogen-bond acceptors (Lipinski definition) is 2. The van der Waals surface area contributed by atoms with Gasteiger partial charge in [0, 0.05) is 19.1 Å². The van der Waals surface area contributed by atoms with Crippen LogP contribution in [0.15, 0.2) is 6.07 Å². The van der Waals surface area contributed by atoms with E-state index in [-0.39, 0.29) is 0 Å². The van der Waals surface area contributed by atoms with Crippen molar-refractivity contribution in [2.45, 2.75) is 72.0 Å². The first-order valence-electron chi connectivity index (χ1n) is 7.51. The maximum absolute atomic E-state index is 4.60. The number of aromatic nitrogens is 2. The number of aryl methyl sites for hydroxylation is 2. The fraction of sp³-hybridized carbons (Fsp3) is 0.800. The Bertz CT molecular complexity index is 362. The van der Waals surface area contributed by atoms with Gasteiger partial charge in [-0.1, -0.05) is 13.8 Å². The van der Waals surface area contributed by atoms with E-state index in [1.807, 2.05) is 0 Å². The highest BCUT2D eigenvalue weighted by atomic mass is 15.3. The molecule has 1 aromatic heterocycles. The summed E-state index contributed by atoms with van der Waals surface area (Å²) >= 11 is 0. The average molecular weight is 249 g/mol. The molecule has 1 N–H and O–H groups in total. The Labute approximate surface area is 111 Å². The van der Waals surface area contributed by atoms with Crippen LogP contribution in [-0.4, -0.2) is 15.8 Å². The molecule has 0 unspecified atom stereocenters. The van der Waals surface area contributed by atoms with Crippen LogP contribution in [0.3, 0.4) is 0 Å². The van der Waals surface area contributed by atoms with E-state index in [9.17, 15) is 0 Å². The van der Waals surface area contributed by atoms with E-state index in [2.05, 4.69) is 41.9 Å². The lowest BCUT2D eigenvalue weighted by Gasteiger charge is -2.27. The molecule has 0 spiro atoms. The average Bonchev–Trinajstić information content (AvgIpc) is 2.80. The first-order chi connectivity index (χ1) is 8.72. The Kier molecular flexibility index (Phi) is 4.81. The first kappa shape index (κ1) is 13.6. The van der Waals surface area contributed by atoms with Crippen LogP contribution in [0.25, 0.3) is 0 Å². The Morgan fingerprint density at radius 2 is 2.00 bits per heavy atom. The molecule has 1 heterocycles. The highest BCUT2D eigenvalue weighted by Gasteiger charge is 2.18. The highest BCUT2D eigenvalue weighted by Crippen LogP contribution is 2.23. The zero-order valence-corrected chi connectivity index (χ0v) is 12.1. The van der Waals surface area contributed by atoms with E-state index < -0.39 is 0 Å². The molecule has 0 radical (unpaired) electrons. The molecular formula is C15H27N3. The molecule has 102 valence electrons. The third kappa shape index (κ3) is 3.35. The Morgan fingerprint density at radius 1 is 1.28 bits per heavy atom. The van der Waals surface area contributed by atoms with Gasteiger partial charge in [0.25, 0.3) is 0 Å². The monoisotopic (exact) mass is 249 g/mol. The Hall–Kier alpha value is -0.830. The van der Waals surface area contributed by atoms with Crippen molar-refractivity contribution < 1.29 is 0 Å². The van der Waals surface area contributed by atoms with Gasteiger partial charge < -0.3 is 5.32 Å². The molecule has 2 rings (SSSR count). The van der Waals surface area contributed by atoms with E-state index in [1.165, 1.54) is 37.1 Å². The molecule has 1 saturated carbocycles. The van der Waals surface area contributed by atoms with Crippen molar-refractivity contribution in [1.82, 2.24) is 15.1 Å². The van der Waals surface area contributed by atoms with Crippen LogP contribution in [0.5, 0.6) is 0 Å². The minimum atomic E-state index is 0.714. The maximum atomic E-state index is 4.60. The number of hydrogen-bond donors (Lipinski definition) is 1. The second kappa shape index (κ2) is 6.37. The number of nitrogens with zero attached hydrogens (tertiary/aromatic N) is 2. The summed E-state index contributed by atoms with van der Waals surface area (Å²) in [6.45, 7) is 8.65. The van der Waals surface area contributed by atoms with Gasteiger partial charge >= 0.3 is 0 Å². The predicted molar refractivity (Wildman–Crippen MR) is 75.5 cm³/mol. The Balaban J connectivity index is 1.87. The van der Waals surface area contributed by atoms with Crippen LogP contribution in [0.2, 0.25) is 0 Å². The van der Waals surface area contributed by atoms with Crippen LogP contribution in [-0.2, 0) is 19.5 Å².